The highest BCUT2D eigenvalue weighted by atomic mass is 32.2. The minimum atomic E-state index is -0.912. The van der Waals surface area contributed by atoms with Crippen molar-refractivity contribution in [3.8, 4) is 0 Å². The van der Waals surface area contributed by atoms with Gasteiger partial charge in [0.1, 0.15) is 10.6 Å². The Kier molecular flexibility index (Phi) is 3.44. The Hall–Kier alpha value is -1.01. The van der Waals surface area contributed by atoms with Crippen molar-refractivity contribution in [2.24, 2.45) is 7.05 Å². The maximum atomic E-state index is 11.2. The van der Waals surface area contributed by atoms with E-state index in [9.17, 15) is 9.90 Å². The van der Waals surface area contributed by atoms with Crippen LogP contribution in [0.4, 0.5) is 0 Å². The Bertz CT molecular complexity index is 444. The molecular weight excluding hydrogens is 240 g/mol. The maximum Gasteiger partial charge on any atom is 0.340 e. The summed E-state index contributed by atoms with van der Waals surface area (Å²) in [6.45, 7) is 4.49. The van der Waals surface area contributed by atoms with E-state index in [1.807, 2.05) is 6.92 Å². The molecule has 1 fully saturated rings. The first-order valence-electron chi connectivity index (χ1n) is 5.56. The van der Waals surface area contributed by atoms with E-state index in [1.165, 1.54) is 0 Å². The number of hydrogen-bond donors (Lipinski definition) is 1. The molecular formula is C11H16N2O3S. The largest absolute Gasteiger partial charge is 0.478 e. The van der Waals surface area contributed by atoms with Gasteiger partial charge < -0.3 is 9.84 Å². The van der Waals surface area contributed by atoms with Gasteiger partial charge in [-0.05, 0) is 20.3 Å². The van der Waals surface area contributed by atoms with Gasteiger partial charge in [0, 0.05) is 18.9 Å². The summed E-state index contributed by atoms with van der Waals surface area (Å²) in [5.41, 5.74) is 0.880. The molecule has 2 heterocycles. The number of ether oxygens (including phenoxy) is 1. The molecule has 0 radical (unpaired) electrons. The summed E-state index contributed by atoms with van der Waals surface area (Å²) in [4.78, 5) is 11.2. The topological polar surface area (TPSA) is 64.4 Å². The average Bonchev–Trinajstić information content (AvgIpc) is 2.73. The van der Waals surface area contributed by atoms with E-state index < -0.39 is 5.97 Å². The molecule has 0 aliphatic carbocycles. The van der Waals surface area contributed by atoms with Gasteiger partial charge in [0.25, 0.3) is 0 Å². The first kappa shape index (κ1) is 12.4. The number of hydrogen-bond acceptors (Lipinski definition) is 4. The number of aromatic carboxylic acids is 1. The van der Waals surface area contributed by atoms with E-state index in [1.54, 1.807) is 30.4 Å². The Morgan fingerprint density at radius 1 is 1.65 bits per heavy atom. The molecule has 1 saturated heterocycles. The van der Waals surface area contributed by atoms with Crippen molar-refractivity contribution in [3.05, 3.63) is 11.3 Å². The third-order valence-corrected chi connectivity index (χ3v) is 4.57. The van der Waals surface area contributed by atoms with E-state index in [0.717, 1.165) is 18.1 Å². The maximum absolute atomic E-state index is 11.2. The van der Waals surface area contributed by atoms with Gasteiger partial charge in [-0.15, -0.1) is 0 Å². The molecule has 1 aromatic rings. The standard InChI is InChI=1S/C11H16N2O3S/c1-6-9(11(14)15)10(13(3)12-6)17-8-4-5-16-7(8)2/h7-8H,4-5H2,1-3H3,(H,14,15). The molecule has 94 valence electrons. The van der Waals surface area contributed by atoms with E-state index in [2.05, 4.69) is 5.10 Å². The normalized spacial score (nSPS) is 24.2. The zero-order valence-electron chi connectivity index (χ0n) is 10.1. The lowest BCUT2D eigenvalue weighted by Gasteiger charge is -2.13. The van der Waals surface area contributed by atoms with Crippen LogP contribution in [0.2, 0.25) is 0 Å². The molecule has 2 rings (SSSR count). The quantitative estimate of drug-likeness (QED) is 0.891. The van der Waals surface area contributed by atoms with Crippen LogP contribution in [0.1, 0.15) is 29.4 Å². The predicted molar refractivity (Wildman–Crippen MR) is 64.6 cm³/mol. The molecule has 6 heteroatoms. The molecule has 0 spiro atoms. The zero-order valence-corrected chi connectivity index (χ0v) is 11.0. The number of carboxylic acid groups (broad SMARTS) is 1. The highest BCUT2D eigenvalue weighted by Crippen LogP contribution is 2.35. The molecule has 5 nitrogen and oxygen atoms in total. The fourth-order valence-corrected chi connectivity index (χ4v) is 3.35. The molecule has 1 aliphatic rings. The van der Waals surface area contributed by atoms with Crippen LogP contribution in [0.15, 0.2) is 5.03 Å². The van der Waals surface area contributed by atoms with Gasteiger partial charge in [-0.3, -0.25) is 4.68 Å². The average molecular weight is 256 g/mol. The highest BCUT2D eigenvalue weighted by molar-refractivity contribution is 8.00. The minimum Gasteiger partial charge on any atom is -0.478 e. The van der Waals surface area contributed by atoms with Gasteiger partial charge in [0.2, 0.25) is 0 Å². The van der Waals surface area contributed by atoms with E-state index >= 15 is 0 Å². The van der Waals surface area contributed by atoms with Crippen LogP contribution in [0.5, 0.6) is 0 Å². The predicted octanol–water partition coefficient (Wildman–Crippen LogP) is 1.70. The molecule has 0 bridgehead atoms. The summed E-state index contributed by atoms with van der Waals surface area (Å²) < 4.78 is 7.13. The lowest BCUT2D eigenvalue weighted by Crippen LogP contribution is -2.15. The second kappa shape index (κ2) is 4.70. The second-order valence-corrected chi connectivity index (χ2v) is 5.44. The van der Waals surface area contributed by atoms with Crippen LogP contribution in [0.25, 0.3) is 0 Å². The van der Waals surface area contributed by atoms with E-state index in [-0.39, 0.29) is 6.10 Å². The van der Waals surface area contributed by atoms with Crippen molar-refractivity contribution >= 4 is 17.7 Å². The molecule has 1 N–H and O–H groups in total. The molecule has 17 heavy (non-hydrogen) atoms. The number of thioether (sulfide) groups is 1. The van der Waals surface area contributed by atoms with Gasteiger partial charge >= 0.3 is 5.97 Å². The summed E-state index contributed by atoms with van der Waals surface area (Å²) in [6, 6.07) is 0. The summed E-state index contributed by atoms with van der Waals surface area (Å²) in [5.74, 6) is -0.912. The van der Waals surface area contributed by atoms with Crippen molar-refractivity contribution in [2.45, 2.75) is 36.6 Å². The van der Waals surface area contributed by atoms with Crippen molar-refractivity contribution in [3.63, 3.8) is 0 Å². The molecule has 1 aliphatic heterocycles. The van der Waals surface area contributed by atoms with Gasteiger partial charge in [0.15, 0.2) is 0 Å². The molecule has 0 amide bonds. The van der Waals surface area contributed by atoms with E-state index in [4.69, 9.17) is 4.74 Å². The number of aromatic nitrogens is 2. The van der Waals surface area contributed by atoms with Gasteiger partial charge in [-0.2, -0.15) is 5.10 Å². The van der Waals surface area contributed by atoms with Gasteiger partial charge in [-0.25, -0.2) is 4.79 Å². The van der Waals surface area contributed by atoms with Crippen molar-refractivity contribution < 1.29 is 14.6 Å². The third-order valence-electron chi connectivity index (χ3n) is 2.95. The summed E-state index contributed by atoms with van der Waals surface area (Å²) in [5, 5.41) is 14.4. The Morgan fingerprint density at radius 3 is 2.88 bits per heavy atom. The van der Waals surface area contributed by atoms with Crippen LogP contribution < -0.4 is 0 Å². The smallest absolute Gasteiger partial charge is 0.340 e. The fourth-order valence-electron chi connectivity index (χ4n) is 2.03. The number of nitrogens with zero attached hydrogens (tertiary/aromatic N) is 2. The molecule has 2 atom stereocenters. The van der Waals surface area contributed by atoms with Crippen LogP contribution in [0, 0.1) is 6.92 Å². The highest BCUT2D eigenvalue weighted by Gasteiger charge is 2.29. The monoisotopic (exact) mass is 256 g/mol. The van der Waals surface area contributed by atoms with Crippen LogP contribution >= 0.6 is 11.8 Å². The van der Waals surface area contributed by atoms with E-state index in [0.29, 0.717) is 16.5 Å². The number of aryl methyl sites for hydroxylation is 2. The lowest BCUT2D eigenvalue weighted by molar-refractivity contribution is 0.0692. The SMILES string of the molecule is Cc1nn(C)c(SC2CCOC2C)c1C(=O)O. The zero-order chi connectivity index (χ0) is 12.6. The Balaban J connectivity index is 2.28. The van der Waals surface area contributed by atoms with Crippen molar-refractivity contribution in [1.29, 1.82) is 0 Å². The van der Waals surface area contributed by atoms with Crippen molar-refractivity contribution in [1.82, 2.24) is 9.78 Å². The summed E-state index contributed by atoms with van der Waals surface area (Å²) in [7, 11) is 1.78. The van der Waals surface area contributed by atoms with Crippen molar-refractivity contribution in [2.75, 3.05) is 6.61 Å². The summed E-state index contributed by atoms with van der Waals surface area (Å²) >= 11 is 1.56. The van der Waals surface area contributed by atoms with Gasteiger partial charge in [0.05, 0.1) is 11.8 Å². The lowest BCUT2D eigenvalue weighted by atomic mass is 10.2. The van der Waals surface area contributed by atoms with Crippen LogP contribution in [-0.2, 0) is 11.8 Å². The summed E-state index contributed by atoms with van der Waals surface area (Å²) in [6.07, 6.45) is 1.12. The van der Waals surface area contributed by atoms with Crippen LogP contribution in [0.3, 0.4) is 0 Å². The number of carbonyl (C=O) groups is 1. The first-order chi connectivity index (χ1) is 8.00. The van der Waals surface area contributed by atoms with Crippen LogP contribution in [-0.4, -0.2) is 38.8 Å². The Labute approximate surface area is 104 Å². The first-order valence-corrected chi connectivity index (χ1v) is 6.43. The number of rotatable bonds is 3. The fraction of sp³-hybridized carbons (Fsp3) is 0.636. The Morgan fingerprint density at radius 2 is 2.35 bits per heavy atom. The number of carboxylic acids is 1. The minimum absolute atomic E-state index is 0.164. The molecule has 0 aromatic carbocycles. The van der Waals surface area contributed by atoms with Gasteiger partial charge in [-0.1, -0.05) is 11.8 Å². The molecule has 0 saturated carbocycles. The molecule has 1 aromatic heterocycles. The second-order valence-electron chi connectivity index (χ2n) is 4.22. The molecule has 2 unspecified atom stereocenters. The third kappa shape index (κ3) is 2.32.